The highest BCUT2D eigenvalue weighted by molar-refractivity contribution is 7.18. The lowest BCUT2D eigenvalue weighted by Gasteiger charge is -2.16. The molecule has 2 aromatic heterocycles. The number of hydrogen-bond acceptors (Lipinski definition) is 4. The Kier molecular flexibility index (Phi) is 5.23. The highest BCUT2D eigenvalue weighted by Crippen LogP contribution is 2.21. The molecular formula is C20H23N3O2S. The zero-order valence-corrected chi connectivity index (χ0v) is 16.3. The highest BCUT2D eigenvalue weighted by Gasteiger charge is 2.13. The van der Waals surface area contributed by atoms with Gasteiger partial charge in [0.05, 0.1) is 17.8 Å². The molecule has 0 fully saturated rings. The minimum Gasteiger partial charge on any atom is -0.348 e. The van der Waals surface area contributed by atoms with Crippen molar-refractivity contribution in [2.24, 2.45) is 0 Å². The van der Waals surface area contributed by atoms with Crippen LogP contribution in [0.2, 0.25) is 0 Å². The maximum Gasteiger partial charge on any atom is 0.262 e. The topological polar surface area (TPSA) is 64.0 Å². The van der Waals surface area contributed by atoms with Crippen molar-refractivity contribution in [1.29, 1.82) is 0 Å². The number of nitrogens with zero attached hydrogens (tertiary/aromatic N) is 2. The number of aromatic nitrogens is 2. The van der Waals surface area contributed by atoms with Gasteiger partial charge < -0.3 is 5.32 Å². The number of nitrogens with one attached hydrogen (secondary N) is 1. The van der Waals surface area contributed by atoms with Crippen LogP contribution in [0.15, 0.2) is 35.4 Å². The van der Waals surface area contributed by atoms with Gasteiger partial charge in [-0.25, -0.2) is 4.98 Å². The SMILES string of the molecule is CCc1cc2c(=O)n(CC(=O)NC(C)c3ccc(C)c(C)c3)cnc2s1. The van der Waals surface area contributed by atoms with Gasteiger partial charge in [0.2, 0.25) is 5.91 Å². The van der Waals surface area contributed by atoms with E-state index in [2.05, 4.69) is 36.3 Å². The Balaban J connectivity index is 1.75. The molecule has 0 spiro atoms. The van der Waals surface area contributed by atoms with E-state index >= 15 is 0 Å². The first kappa shape index (κ1) is 18.3. The number of carbonyl (C=O) groups excluding carboxylic acids is 1. The van der Waals surface area contributed by atoms with E-state index < -0.39 is 0 Å². The van der Waals surface area contributed by atoms with Gasteiger partial charge in [0.15, 0.2) is 0 Å². The lowest BCUT2D eigenvalue weighted by molar-refractivity contribution is -0.122. The molecule has 26 heavy (non-hydrogen) atoms. The van der Waals surface area contributed by atoms with Crippen molar-refractivity contribution in [3.63, 3.8) is 0 Å². The minimum atomic E-state index is -0.204. The second-order valence-electron chi connectivity index (χ2n) is 6.60. The quantitative estimate of drug-likeness (QED) is 0.748. The summed E-state index contributed by atoms with van der Waals surface area (Å²) < 4.78 is 1.37. The molecule has 1 amide bonds. The summed E-state index contributed by atoms with van der Waals surface area (Å²) >= 11 is 1.52. The summed E-state index contributed by atoms with van der Waals surface area (Å²) in [6, 6.07) is 7.91. The van der Waals surface area contributed by atoms with Crippen LogP contribution in [0.3, 0.4) is 0 Å². The lowest BCUT2D eigenvalue weighted by atomic mass is 10.0. The van der Waals surface area contributed by atoms with Crippen molar-refractivity contribution in [2.45, 2.75) is 46.7 Å². The van der Waals surface area contributed by atoms with Gasteiger partial charge in [-0.2, -0.15) is 0 Å². The standard InChI is InChI=1S/C20H23N3O2S/c1-5-16-9-17-19(26-16)21-11-23(20(17)25)10-18(24)22-14(4)15-7-6-12(2)13(3)8-15/h6-9,11,14H,5,10H2,1-4H3,(H,22,24). The molecule has 0 bridgehead atoms. The molecule has 1 aromatic carbocycles. The van der Waals surface area contributed by atoms with Crippen LogP contribution in [0, 0.1) is 13.8 Å². The van der Waals surface area contributed by atoms with E-state index in [1.54, 1.807) is 0 Å². The number of hydrogen-bond donors (Lipinski definition) is 1. The van der Waals surface area contributed by atoms with Crippen LogP contribution in [-0.4, -0.2) is 15.5 Å². The minimum absolute atomic E-state index is 0.0335. The Morgan fingerprint density at radius 1 is 1.27 bits per heavy atom. The summed E-state index contributed by atoms with van der Waals surface area (Å²) in [4.78, 5) is 31.2. The van der Waals surface area contributed by atoms with Crippen LogP contribution in [0.5, 0.6) is 0 Å². The zero-order valence-electron chi connectivity index (χ0n) is 15.5. The summed E-state index contributed by atoms with van der Waals surface area (Å²) in [5, 5.41) is 3.55. The van der Waals surface area contributed by atoms with E-state index in [1.807, 2.05) is 26.0 Å². The summed E-state index contributed by atoms with van der Waals surface area (Å²) in [6.45, 7) is 8.07. The van der Waals surface area contributed by atoms with Gasteiger partial charge in [-0.3, -0.25) is 14.2 Å². The summed E-state index contributed by atoms with van der Waals surface area (Å²) in [7, 11) is 0. The maximum atomic E-state index is 12.6. The lowest BCUT2D eigenvalue weighted by Crippen LogP contribution is -2.33. The van der Waals surface area contributed by atoms with Crippen molar-refractivity contribution < 1.29 is 4.79 Å². The molecule has 136 valence electrons. The smallest absolute Gasteiger partial charge is 0.262 e. The van der Waals surface area contributed by atoms with Crippen molar-refractivity contribution >= 4 is 27.5 Å². The van der Waals surface area contributed by atoms with Gasteiger partial charge in [0.25, 0.3) is 5.56 Å². The molecule has 0 aliphatic heterocycles. The van der Waals surface area contributed by atoms with E-state index in [0.717, 1.165) is 21.7 Å². The first-order chi connectivity index (χ1) is 12.4. The first-order valence-electron chi connectivity index (χ1n) is 8.73. The first-order valence-corrected chi connectivity index (χ1v) is 9.55. The Labute approximate surface area is 156 Å². The van der Waals surface area contributed by atoms with Gasteiger partial charge in [-0.15, -0.1) is 11.3 Å². The number of amides is 1. The Hall–Kier alpha value is -2.47. The molecule has 0 aliphatic rings. The van der Waals surface area contributed by atoms with Gasteiger partial charge >= 0.3 is 0 Å². The normalized spacial score (nSPS) is 12.3. The summed E-state index contributed by atoms with van der Waals surface area (Å²) in [5.74, 6) is -0.204. The second kappa shape index (κ2) is 7.41. The molecule has 1 atom stereocenters. The van der Waals surface area contributed by atoms with Gasteiger partial charge in [0, 0.05) is 4.88 Å². The average Bonchev–Trinajstić information content (AvgIpc) is 3.04. The molecule has 1 N–H and O–H groups in total. The molecule has 0 radical (unpaired) electrons. The molecule has 0 saturated heterocycles. The van der Waals surface area contributed by atoms with Crippen LogP contribution in [0.25, 0.3) is 10.2 Å². The third kappa shape index (κ3) is 3.70. The number of carbonyl (C=O) groups is 1. The third-order valence-electron chi connectivity index (χ3n) is 4.64. The summed E-state index contributed by atoms with van der Waals surface area (Å²) in [5.41, 5.74) is 3.30. The highest BCUT2D eigenvalue weighted by atomic mass is 32.1. The third-order valence-corrected chi connectivity index (χ3v) is 5.83. The van der Waals surface area contributed by atoms with Gasteiger partial charge in [0.1, 0.15) is 11.4 Å². The Morgan fingerprint density at radius 3 is 2.73 bits per heavy atom. The van der Waals surface area contributed by atoms with Crippen molar-refractivity contribution in [3.8, 4) is 0 Å². The average molecular weight is 369 g/mol. The molecule has 1 unspecified atom stereocenters. The molecule has 3 aromatic rings. The molecule has 0 saturated carbocycles. The zero-order chi connectivity index (χ0) is 18.8. The fraction of sp³-hybridized carbons (Fsp3) is 0.350. The van der Waals surface area contributed by atoms with Gasteiger partial charge in [-0.05, 0) is 49.9 Å². The van der Waals surface area contributed by atoms with E-state index in [1.165, 1.54) is 33.4 Å². The predicted octanol–water partition coefficient (Wildman–Crippen LogP) is 3.51. The van der Waals surface area contributed by atoms with Crippen LogP contribution >= 0.6 is 11.3 Å². The van der Waals surface area contributed by atoms with Crippen molar-refractivity contribution in [1.82, 2.24) is 14.9 Å². The van der Waals surface area contributed by atoms with Crippen molar-refractivity contribution in [2.75, 3.05) is 0 Å². The van der Waals surface area contributed by atoms with E-state index in [4.69, 9.17) is 0 Å². The number of aryl methyl sites for hydroxylation is 3. The molecule has 6 heteroatoms. The van der Waals surface area contributed by atoms with E-state index in [-0.39, 0.29) is 24.1 Å². The predicted molar refractivity (Wildman–Crippen MR) is 106 cm³/mol. The van der Waals surface area contributed by atoms with Crippen LogP contribution in [0.1, 0.15) is 41.5 Å². The van der Waals surface area contributed by atoms with E-state index in [0.29, 0.717) is 5.39 Å². The molecular weight excluding hydrogens is 346 g/mol. The number of rotatable bonds is 5. The Bertz CT molecular complexity index is 1020. The van der Waals surface area contributed by atoms with Crippen LogP contribution in [-0.2, 0) is 17.8 Å². The van der Waals surface area contributed by atoms with Crippen LogP contribution in [0.4, 0.5) is 0 Å². The summed E-state index contributed by atoms with van der Waals surface area (Å²) in [6.07, 6.45) is 2.33. The van der Waals surface area contributed by atoms with Gasteiger partial charge in [-0.1, -0.05) is 25.1 Å². The van der Waals surface area contributed by atoms with Crippen molar-refractivity contribution in [3.05, 3.63) is 62.5 Å². The number of thiophene rings is 1. The fourth-order valence-corrected chi connectivity index (χ4v) is 3.78. The molecule has 3 rings (SSSR count). The second-order valence-corrected chi connectivity index (χ2v) is 7.71. The fourth-order valence-electron chi connectivity index (χ4n) is 2.86. The van der Waals surface area contributed by atoms with Crippen LogP contribution < -0.4 is 10.9 Å². The monoisotopic (exact) mass is 369 g/mol. The largest absolute Gasteiger partial charge is 0.348 e. The molecule has 2 heterocycles. The Morgan fingerprint density at radius 2 is 2.04 bits per heavy atom. The molecule has 5 nitrogen and oxygen atoms in total. The number of fused-ring (bicyclic) bond motifs is 1. The maximum absolute atomic E-state index is 12.6. The number of benzene rings is 1. The molecule has 0 aliphatic carbocycles. The van der Waals surface area contributed by atoms with E-state index in [9.17, 15) is 9.59 Å².